The Kier molecular flexibility index (Phi) is 10.3. The molecule has 0 saturated carbocycles. The normalized spacial score (nSPS) is 24.0. The van der Waals surface area contributed by atoms with Crippen LogP contribution in [-0.4, -0.2) is 25.4 Å². The van der Waals surface area contributed by atoms with Crippen LogP contribution in [0.25, 0.3) is 0 Å². The van der Waals surface area contributed by atoms with Gasteiger partial charge in [0.2, 0.25) is 0 Å². The summed E-state index contributed by atoms with van der Waals surface area (Å²) >= 11 is 0. The number of unbranched alkanes of at least 4 members (excludes halogenated alkanes) is 7. The smallest absolute Gasteiger partial charge is 0.416 e. The Hall–Kier alpha value is -2.09. The molecule has 0 aromatic heterocycles. The van der Waals surface area contributed by atoms with Crippen LogP contribution in [0.15, 0.2) is 48.5 Å². The number of fused-ring (bicyclic) bond motifs is 1. The predicted octanol–water partition coefficient (Wildman–Crippen LogP) is 8.56. The predicted molar refractivity (Wildman–Crippen MR) is 136 cm³/mol. The first kappa shape index (κ1) is 27.9. The number of ether oxygens (including phenoxy) is 4. The topological polar surface area (TPSA) is 36.9 Å². The number of hydrogen-bond donors (Lipinski definition) is 0. The number of rotatable bonds is 12. The Morgan fingerprint density at radius 1 is 0.757 bits per heavy atom. The summed E-state index contributed by atoms with van der Waals surface area (Å²) < 4.78 is 62.7. The number of benzene rings is 2. The van der Waals surface area contributed by atoms with Gasteiger partial charge in [-0.25, -0.2) is 0 Å². The molecule has 2 aromatic rings. The van der Waals surface area contributed by atoms with E-state index in [1.54, 1.807) is 0 Å². The second-order valence-electron chi connectivity index (χ2n) is 10.1. The first-order valence-corrected chi connectivity index (χ1v) is 13.8. The van der Waals surface area contributed by atoms with Crippen molar-refractivity contribution in [3.8, 4) is 5.75 Å². The van der Waals surface area contributed by atoms with E-state index in [-0.39, 0.29) is 18.3 Å². The highest BCUT2D eigenvalue weighted by Gasteiger charge is 2.39. The van der Waals surface area contributed by atoms with Crippen LogP contribution in [0.2, 0.25) is 0 Å². The highest BCUT2D eigenvalue weighted by atomic mass is 19.4. The van der Waals surface area contributed by atoms with Gasteiger partial charge in [0.05, 0.1) is 31.0 Å². The quantitative estimate of drug-likeness (QED) is 0.263. The van der Waals surface area contributed by atoms with Crippen molar-refractivity contribution < 1.29 is 32.1 Å². The van der Waals surface area contributed by atoms with Crippen molar-refractivity contribution in [2.24, 2.45) is 0 Å². The molecule has 1 unspecified atom stereocenters. The fraction of sp³-hybridized carbons (Fsp3) is 0.600. The van der Waals surface area contributed by atoms with Crippen molar-refractivity contribution in [2.45, 2.75) is 102 Å². The molecule has 7 heteroatoms. The monoisotopic (exact) mass is 520 g/mol. The molecule has 0 bridgehead atoms. The van der Waals surface area contributed by atoms with Crippen molar-refractivity contribution in [2.75, 3.05) is 13.2 Å². The Morgan fingerprint density at radius 2 is 1.41 bits per heavy atom. The average Bonchev–Trinajstić information content (AvgIpc) is 2.91. The van der Waals surface area contributed by atoms with E-state index in [2.05, 4.69) is 6.92 Å². The minimum atomic E-state index is -4.34. The highest BCUT2D eigenvalue weighted by Crippen LogP contribution is 2.39. The van der Waals surface area contributed by atoms with Gasteiger partial charge in [-0.05, 0) is 49.1 Å². The van der Waals surface area contributed by atoms with Crippen LogP contribution in [0.3, 0.4) is 0 Å². The summed E-state index contributed by atoms with van der Waals surface area (Å²) in [5, 5.41) is 0. The third kappa shape index (κ3) is 8.20. The molecule has 204 valence electrons. The van der Waals surface area contributed by atoms with Crippen LogP contribution in [-0.2, 0) is 20.4 Å². The average molecular weight is 521 g/mol. The van der Waals surface area contributed by atoms with Gasteiger partial charge in [0.25, 0.3) is 0 Å². The fourth-order valence-electron chi connectivity index (χ4n) is 5.00. The number of halogens is 3. The van der Waals surface area contributed by atoms with Gasteiger partial charge in [0.15, 0.2) is 6.29 Å². The minimum Gasteiger partial charge on any atom is -0.494 e. The summed E-state index contributed by atoms with van der Waals surface area (Å²) in [6, 6.07) is 13.1. The molecule has 2 heterocycles. The Balaban J connectivity index is 1.17. The van der Waals surface area contributed by atoms with Crippen LogP contribution in [0.4, 0.5) is 13.2 Å². The molecule has 2 aliphatic heterocycles. The van der Waals surface area contributed by atoms with Crippen LogP contribution in [0.5, 0.6) is 5.75 Å². The van der Waals surface area contributed by atoms with E-state index in [1.807, 2.05) is 24.3 Å². The lowest BCUT2D eigenvalue weighted by Gasteiger charge is -2.42. The molecular weight excluding hydrogens is 481 g/mol. The van der Waals surface area contributed by atoms with Crippen LogP contribution in [0.1, 0.15) is 100 Å². The summed E-state index contributed by atoms with van der Waals surface area (Å²) in [4.78, 5) is 0. The molecule has 4 rings (SSSR count). The zero-order valence-corrected chi connectivity index (χ0v) is 21.7. The van der Waals surface area contributed by atoms with Gasteiger partial charge >= 0.3 is 6.18 Å². The summed E-state index contributed by atoms with van der Waals surface area (Å²) in [7, 11) is 0. The van der Waals surface area contributed by atoms with Crippen molar-refractivity contribution in [3.05, 3.63) is 65.2 Å². The van der Waals surface area contributed by atoms with Crippen LogP contribution < -0.4 is 4.74 Å². The van der Waals surface area contributed by atoms with E-state index in [1.165, 1.54) is 57.1 Å². The van der Waals surface area contributed by atoms with Gasteiger partial charge in [0, 0.05) is 5.56 Å². The minimum absolute atomic E-state index is 0.109. The highest BCUT2D eigenvalue weighted by molar-refractivity contribution is 5.28. The van der Waals surface area contributed by atoms with Crippen molar-refractivity contribution >= 4 is 0 Å². The first-order chi connectivity index (χ1) is 17.9. The first-order valence-electron chi connectivity index (χ1n) is 13.8. The largest absolute Gasteiger partial charge is 0.494 e. The zero-order valence-electron chi connectivity index (χ0n) is 21.7. The van der Waals surface area contributed by atoms with Crippen molar-refractivity contribution in [1.29, 1.82) is 0 Å². The van der Waals surface area contributed by atoms with Crippen LogP contribution >= 0.6 is 0 Å². The molecule has 0 aliphatic carbocycles. The molecule has 4 nitrogen and oxygen atoms in total. The Bertz CT molecular complexity index is 929. The Labute approximate surface area is 218 Å². The maximum Gasteiger partial charge on any atom is 0.416 e. The third-order valence-electron chi connectivity index (χ3n) is 7.21. The third-order valence-corrected chi connectivity index (χ3v) is 7.21. The lowest BCUT2D eigenvalue weighted by Crippen LogP contribution is -2.45. The molecule has 0 spiro atoms. The van der Waals surface area contributed by atoms with E-state index in [0.717, 1.165) is 48.5 Å². The molecule has 2 aliphatic rings. The molecule has 37 heavy (non-hydrogen) atoms. The van der Waals surface area contributed by atoms with E-state index in [4.69, 9.17) is 18.9 Å². The lowest BCUT2D eigenvalue weighted by molar-refractivity contribution is -0.289. The lowest BCUT2D eigenvalue weighted by atomic mass is 9.95. The molecule has 2 aromatic carbocycles. The maximum absolute atomic E-state index is 12.8. The van der Waals surface area contributed by atoms with E-state index in [0.29, 0.717) is 13.0 Å². The van der Waals surface area contributed by atoms with Gasteiger partial charge in [-0.3, -0.25) is 0 Å². The van der Waals surface area contributed by atoms with E-state index in [9.17, 15) is 13.2 Å². The van der Waals surface area contributed by atoms with E-state index < -0.39 is 18.0 Å². The molecule has 0 amide bonds. The summed E-state index contributed by atoms with van der Waals surface area (Å²) in [6.07, 6.45) is 6.23. The van der Waals surface area contributed by atoms with Gasteiger partial charge in [-0.1, -0.05) is 76.1 Å². The number of hydrogen-bond acceptors (Lipinski definition) is 4. The maximum atomic E-state index is 12.8. The Morgan fingerprint density at radius 3 is 2.08 bits per heavy atom. The van der Waals surface area contributed by atoms with Gasteiger partial charge in [-0.2, -0.15) is 13.2 Å². The summed E-state index contributed by atoms with van der Waals surface area (Å²) in [5.41, 5.74) is 1.03. The second-order valence-corrected chi connectivity index (χ2v) is 10.1. The van der Waals surface area contributed by atoms with Gasteiger partial charge in [-0.15, -0.1) is 0 Å². The molecule has 4 atom stereocenters. The molecule has 0 radical (unpaired) electrons. The summed E-state index contributed by atoms with van der Waals surface area (Å²) in [5.74, 6) is 0.848. The fourth-order valence-corrected chi connectivity index (χ4v) is 5.00. The van der Waals surface area contributed by atoms with E-state index >= 15 is 0 Å². The van der Waals surface area contributed by atoms with Gasteiger partial charge in [0.1, 0.15) is 11.9 Å². The molecular formula is C30H39F3O4. The van der Waals surface area contributed by atoms with Crippen LogP contribution in [0, 0.1) is 0 Å². The molecule has 0 N–H and O–H groups in total. The van der Waals surface area contributed by atoms with Crippen molar-refractivity contribution in [1.82, 2.24) is 0 Å². The standard InChI is InChI=1S/C30H39F3O4/c1-2-3-4-5-6-7-8-9-20-34-25-16-12-23(13-17-25)29-35-21-28-27(37-29)19-18-26(36-28)22-10-14-24(15-11-22)30(31,32)33/h10-17,26-29H,2-9,18-21H2,1H3/t26-,27+,28-,29?/m1/s1. The van der Waals surface area contributed by atoms with Crippen molar-refractivity contribution in [3.63, 3.8) is 0 Å². The second kappa shape index (κ2) is 13.6. The molecule has 2 fully saturated rings. The number of alkyl halides is 3. The van der Waals surface area contributed by atoms with Gasteiger partial charge < -0.3 is 18.9 Å². The zero-order chi connectivity index (χ0) is 26.1. The molecule has 2 saturated heterocycles. The summed E-state index contributed by atoms with van der Waals surface area (Å²) in [6.45, 7) is 3.35. The SMILES string of the molecule is CCCCCCCCCCOc1ccc(C2OC[C@H]3O[C@@H](c4ccc(C(F)(F)F)cc4)CC[C@@H]3O2)cc1.